The molecule has 4 aliphatic heterocycles. The van der Waals surface area contributed by atoms with Gasteiger partial charge in [-0.3, -0.25) is 0 Å². The lowest BCUT2D eigenvalue weighted by Gasteiger charge is -2.13. The zero-order chi connectivity index (χ0) is 14.5. The molecule has 0 amide bonds. The lowest BCUT2D eigenvalue weighted by molar-refractivity contribution is 0.0949. The number of hydrogen-bond acceptors (Lipinski definition) is 8. The maximum absolute atomic E-state index is 5.80. The van der Waals surface area contributed by atoms with E-state index in [0.29, 0.717) is 26.4 Å². The predicted octanol–water partition coefficient (Wildman–Crippen LogP) is 4.44. The van der Waals surface area contributed by atoms with Crippen molar-refractivity contribution in [3.05, 3.63) is 30.8 Å². The summed E-state index contributed by atoms with van der Waals surface area (Å²) in [5.41, 5.74) is 0. The fourth-order valence-corrected chi connectivity index (χ4v) is 7.51. The van der Waals surface area contributed by atoms with Crippen molar-refractivity contribution in [2.75, 3.05) is 26.4 Å². The minimum absolute atomic E-state index is 0.595. The highest BCUT2D eigenvalue weighted by Crippen LogP contribution is 2.63. The van der Waals surface area contributed by atoms with E-state index in [4.69, 9.17) is 18.9 Å². The Balaban J connectivity index is 1.47. The first kappa shape index (κ1) is 13.7. The summed E-state index contributed by atoms with van der Waals surface area (Å²) in [7, 11) is 0. The second-order valence-corrected chi connectivity index (χ2v) is 9.26. The van der Waals surface area contributed by atoms with Crippen molar-refractivity contribution in [3.8, 4) is 11.5 Å². The van der Waals surface area contributed by atoms with Gasteiger partial charge in [-0.2, -0.15) is 0 Å². The highest BCUT2D eigenvalue weighted by atomic mass is 32.2. The quantitative estimate of drug-likeness (QED) is 0.664. The van der Waals surface area contributed by atoms with Gasteiger partial charge in [-0.15, -0.1) is 0 Å². The van der Waals surface area contributed by atoms with E-state index in [9.17, 15) is 0 Å². The van der Waals surface area contributed by atoms with Crippen molar-refractivity contribution in [1.82, 2.24) is 0 Å². The van der Waals surface area contributed by atoms with Crippen molar-refractivity contribution in [2.45, 2.75) is 9.79 Å². The Kier molecular flexibility index (Phi) is 3.39. The van der Waals surface area contributed by atoms with E-state index in [2.05, 4.69) is 6.07 Å². The molecule has 0 saturated heterocycles. The van der Waals surface area contributed by atoms with Crippen LogP contribution in [0.3, 0.4) is 0 Å². The van der Waals surface area contributed by atoms with E-state index in [1.54, 1.807) is 47.0 Å². The number of rotatable bonds is 0. The molecular weight excluding hydrogens is 360 g/mol. The van der Waals surface area contributed by atoms with E-state index < -0.39 is 0 Å². The Morgan fingerprint density at radius 1 is 0.682 bits per heavy atom. The maximum atomic E-state index is 5.80. The summed E-state index contributed by atoms with van der Waals surface area (Å²) in [5.74, 6) is 1.82. The summed E-state index contributed by atoms with van der Waals surface area (Å²) in [6.07, 6.45) is 0. The van der Waals surface area contributed by atoms with Crippen LogP contribution in [0.15, 0.2) is 40.6 Å². The number of hydrogen-bond donors (Lipinski definition) is 0. The Hall–Kier alpha value is -0.700. The van der Waals surface area contributed by atoms with Crippen LogP contribution in [0.2, 0.25) is 0 Å². The fourth-order valence-electron chi connectivity index (χ4n) is 2.33. The van der Waals surface area contributed by atoms with Crippen LogP contribution in [0.4, 0.5) is 0 Å². The third kappa shape index (κ3) is 2.28. The van der Waals surface area contributed by atoms with Crippen LogP contribution in [-0.2, 0) is 9.47 Å². The van der Waals surface area contributed by atoms with Gasteiger partial charge in [0.1, 0.15) is 37.9 Å². The first-order chi connectivity index (χ1) is 10.9. The minimum atomic E-state index is 0.595. The molecule has 0 saturated carbocycles. The van der Waals surface area contributed by atoms with E-state index >= 15 is 0 Å². The van der Waals surface area contributed by atoms with Gasteiger partial charge >= 0.3 is 0 Å². The monoisotopic (exact) mass is 370 g/mol. The molecule has 4 heterocycles. The van der Waals surface area contributed by atoms with Crippen molar-refractivity contribution in [1.29, 1.82) is 0 Å². The molecule has 0 spiro atoms. The molecule has 2 bridgehead atoms. The van der Waals surface area contributed by atoms with Gasteiger partial charge in [0, 0.05) is 11.0 Å². The second kappa shape index (κ2) is 5.43. The molecule has 22 heavy (non-hydrogen) atoms. The van der Waals surface area contributed by atoms with E-state index in [0.717, 1.165) is 21.7 Å². The van der Waals surface area contributed by atoms with Gasteiger partial charge in [-0.25, -0.2) is 0 Å². The van der Waals surface area contributed by atoms with Crippen LogP contribution >= 0.6 is 47.0 Å². The normalized spacial score (nSPS) is 22.2. The first-order valence-corrected chi connectivity index (χ1v) is 10.0. The Morgan fingerprint density at radius 2 is 1.36 bits per heavy atom. The van der Waals surface area contributed by atoms with Crippen molar-refractivity contribution in [2.24, 2.45) is 0 Å². The van der Waals surface area contributed by atoms with E-state index in [1.807, 2.05) is 6.07 Å². The zero-order valence-corrected chi connectivity index (χ0v) is 14.5. The smallest absolute Gasteiger partial charge is 0.208 e. The van der Waals surface area contributed by atoms with Crippen LogP contribution in [0.5, 0.6) is 11.5 Å². The van der Waals surface area contributed by atoms with Crippen LogP contribution in [0.1, 0.15) is 0 Å². The van der Waals surface area contributed by atoms with Crippen LogP contribution in [-0.4, -0.2) is 26.4 Å². The van der Waals surface area contributed by atoms with Crippen LogP contribution in [0.25, 0.3) is 0 Å². The van der Waals surface area contributed by atoms with E-state index in [1.165, 1.54) is 18.3 Å². The van der Waals surface area contributed by atoms with Gasteiger partial charge in [-0.05, 0) is 29.6 Å². The predicted molar refractivity (Wildman–Crippen MR) is 90.3 cm³/mol. The van der Waals surface area contributed by atoms with Crippen molar-refractivity contribution < 1.29 is 18.9 Å². The lowest BCUT2D eigenvalue weighted by Crippen LogP contribution is -2.08. The summed E-state index contributed by atoms with van der Waals surface area (Å²) in [4.78, 5) is 2.39. The number of fused-ring (bicyclic) bond motifs is 4. The van der Waals surface area contributed by atoms with Gasteiger partial charge in [0.25, 0.3) is 0 Å². The largest absolute Gasteiger partial charge is 0.490 e. The summed E-state index contributed by atoms with van der Waals surface area (Å²) >= 11 is 6.86. The molecule has 0 atom stereocenters. The summed E-state index contributed by atoms with van der Waals surface area (Å²) in [5, 5.41) is 1.80. The molecule has 1 aromatic rings. The Bertz CT molecular complexity index is 708. The average Bonchev–Trinajstić information content (AvgIpc) is 3.09. The molecule has 0 unspecified atom stereocenters. The third-order valence-corrected chi connectivity index (χ3v) is 8.73. The topological polar surface area (TPSA) is 36.9 Å². The highest BCUT2D eigenvalue weighted by molar-refractivity contribution is 8.32. The summed E-state index contributed by atoms with van der Waals surface area (Å²) < 4.78 is 25.3. The summed E-state index contributed by atoms with van der Waals surface area (Å²) in [6, 6.07) is 4.08. The standard InChI is InChI=1S/C14H10O4S4/c1-2-16-8-5-7(15-1)6-9-10(8)20-13(19-9)14-21-11-12(22-14)18-4-3-17-11/h5-6H,1-4H2. The molecule has 5 rings (SSSR count). The molecule has 0 fully saturated rings. The van der Waals surface area contributed by atoms with Crippen molar-refractivity contribution in [3.63, 3.8) is 0 Å². The van der Waals surface area contributed by atoms with Crippen molar-refractivity contribution >= 4 is 47.0 Å². The molecule has 0 aromatic heterocycles. The molecule has 4 nitrogen and oxygen atoms in total. The minimum Gasteiger partial charge on any atom is -0.490 e. The van der Waals surface area contributed by atoms with Gasteiger partial charge < -0.3 is 18.9 Å². The van der Waals surface area contributed by atoms with E-state index in [-0.39, 0.29) is 0 Å². The highest BCUT2D eigenvalue weighted by Gasteiger charge is 2.34. The molecule has 1 aromatic carbocycles. The molecule has 0 aliphatic carbocycles. The summed E-state index contributed by atoms with van der Waals surface area (Å²) in [6.45, 7) is 2.47. The maximum Gasteiger partial charge on any atom is 0.208 e. The number of benzene rings is 1. The molecule has 0 radical (unpaired) electrons. The third-order valence-electron chi connectivity index (χ3n) is 3.26. The molecule has 8 heteroatoms. The van der Waals surface area contributed by atoms with Gasteiger partial charge in [0.2, 0.25) is 10.2 Å². The molecular formula is C14H10O4S4. The number of ether oxygens (including phenoxy) is 4. The fraction of sp³-hybridized carbons (Fsp3) is 0.286. The van der Waals surface area contributed by atoms with Gasteiger partial charge in [0.15, 0.2) is 0 Å². The van der Waals surface area contributed by atoms with Crippen LogP contribution in [0, 0.1) is 0 Å². The first-order valence-electron chi connectivity index (χ1n) is 6.76. The zero-order valence-electron chi connectivity index (χ0n) is 11.2. The second-order valence-electron chi connectivity index (χ2n) is 4.70. The Labute approximate surface area is 144 Å². The number of thioether (sulfide) groups is 4. The SMILES string of the molecule is c1c2cc3c(c1OCCO2)SC(=C1SC2=C(OCCO2)S1)S3. The Morgan fingerprint density at radius 3 is 2.18 bits per heavy atom. The van der Waals surface area contributed by atoms with Crippen LogP contribution < -0.4 is 9.47 Å². The van der Waals surface area contributed by atoms with Gasteiger partial charge in [-0.1, -0.05) is 23.5 Å². The molecule has 4 aliphatic rings. The average molecular weight is 370 g/mol. The molecule has 0 N–H and O–H groups in total. The molecule has 114 valence electrons. The lowest BCUT2D eigenvalue weighted by atomic mass is 10.3. The van der Waals surface area contributed by atoms with Gasteiger partial charge in [0.05, 0.1) is 13.4 Å².